The van der Waals surface area contributed by atoms with Crippen molar-refractivity contribution in [2.75, 3.05) is 6.61 Å². The number of halogens is 3. The van der Waals surface area contributed by atoms with Crippen molar-refractivity contribution in [3.63, 3.8) is 0 Å². The van der Waals surface area contributed by atoms with Gasteiger partial charge in [-0.3, -0.25) is 14.9 Å². The van der Waals surface area contributed by atoms with Crippen molar-refractivity contribution < 1.29 is 32.4 Å². The monoisotopic (exact) mass is 400 g/mol. The summed E-state index contributed by atoms with van der Waals surface area (Å²) in [6.45, 7) is 2.18. The van der Waals surface area contributed by atoms with Crippen LogP contribution in [0.3, 0.4) is 0 Å². The van der Waals surface area contributed by atoms with Crippen molar-refractivity contribution in [1.82, 2.24) is 5.32 Å². The van der Waals surface area contributed by atoms with E-state index in [2.05, 4.69) is 5.32 Å². The van der Waals surface area contributed by atoms with Crippen molar-refractivity contribution in [3.8, 4) is 0 Å². The molecular weight excluding hydrogens is 381 g/mol. The number of nitro groups is 1. The molecule has 0 radical (unpaired) electrons. The lowest BCUT2D eigenvalue weighted by Crippen LogP contribution is -2.26. The molecule has 1 saturated carbocycles. The van der Waals surface area contributed by atoms with Gasteiger partial charge in [-0.15, -0.1) is 0 Å². The van der Waals surface area contributed by atoms with Crippen LogP contribution in [0.25, 0.3) is 0 Å². The fraction of sp³-hybridized carbons (Fsp3) is 0.444. The number of nitrogens with zero attached hydrogens (tertiary/aromatic N) is 1. The molecule has 10 heteroatoms. The standard InChI is InChI=1S/C18H19F3N2O5/c1-3-28-18(25)11(8-22-10-6-4-5-7-10)17(24)12-13(19)9(2)14(20)15(21)16(12)23(26)27/h8,10,22H,3-7H2,1-2H3. The average Bonchev–Trinajstić information content (AvgIpc) is 3.16. The Morgan fingerprint density at radius 3 is 2.36 bits per heavy atom. The first-order chi connectivity index (χ1) is 13.2. The van der Waals surface area contributed by atoms with Gasteiger partial charge in [0.05, 0.1) is 11.5 Å². The minimum absolute atomic E-state index is 0.0382. The van der Waals surface area contributed by atoms with E-state index in [1.54, 1.807) is 0 Å². The molecule has 0 aliphatic heterocycles. The van der Waals surface area contributed by atoms with Crippen LogP contribution in [-0.2, 0) is 9.53 Å². The SMILES string of the molecule is CCOC(=O)C(=CNC1CCCC1)C(=O)c1c(F)c(C)c(F)c(F)c1[N+](=O)[O-]. The Morgan fingerprint density at radius 1 is 1.21 bits per heavy atom. The predicted molar refractivity (Wildman–Crippen MR) is 92.1 cm³/mol. The number of nitrogens with one attached hydrogen (secondary N) is 1. The van der Waals surface area contributed by atoms with E-state index >= 15 is 0 Å². The molecule has 28 heavy (non-hydrogen) atoms. The first-order valence-electron chi connectivity index (χ1n) is 8.70. The Bertz CT molecular complexity index is 848. The van der Waals surface area contributed by atoms with Gasteiger partial charge in [-0.2, -0.15) is 4.39 Å². The van der Waals surface area contributed by atoms with Crippen molar-refractivity contribution >= 4 is 17.4 Å². The summed E-state index contributed by atoms with van der Waals surface area (Å²) in [5.41, 5.74) is -4.63. The van der Waals surface area contributed by atoms with Crippen LogP contribution in [0.4, 0.5) is 18.9 Å². The van der Waals surface area contributed by atoms with Gasteiger partial charge in [-0.05, 0) is 26.7 Å². The van der Waals surface area contributed by atoms with Crippen LogP contribution in [0.2, 0.25) is 0 Å². The number of rotatable bonds is 7. The highest BCUT2D eigenvalue weighted by atomic mass is 19.2. The topological polar surface area (TPSA) is 98.5 Å². The van der Waals surface area contributed by atoms with E-state index in [0.29, 0.717) is 0 Å². The number of benzene rings is 1. The lowest BCUT2D eigenvalue weighted by Gasteiger charge is -2.13. The second-order valence-corrected chi connectivity index (χ2v) is 6.30. The molecule has 0 heterocycles. The molecule has 0 spiro atoms. The first-order valence-corrected chi connectivity index (χ1v) is 8.70. The van der Waals surface area contributed by atoms with Crippen LogP contribution in [0.1, 0.15) is 48.5 Å². The van der Waals surface area contributed by atoms with Gasteiger partial charge in [-0.25, -0.2) is 13.6 Å². The molecule has 1 aliphatic carbocycles. The van der Waals surface area contributed by atoms with E-state index < -0.39 is 56.5 Å². The summed E-state index contributed by atoms with van der Waals surface area (Å²) in [5, 5.41) is 14.0. The molecule has 7 nitrogen and oxygen atoms in total. The molecular formula is C18H19F3N2O5. The minimum atomic E-state index is -1.97. The lowest BCUT2D eigenvalue weighted by molar-refractivity contribution is -0.388. The third kappa shape index (κ3) is 4.15. The number of Topliss-reactive ketones (excluding diaryl/α,β-unsaturated/α-hetero) is 1. The molecule has 1 N–H and O–H groups in total. The van der Waals surface area contributed by atoms with Gasteiger partial charge in [-0.1, -0.05) is 12.8 Å². The zero-order valence-corrected chi connectivity index (χ0v) is 15.3. The smallest absolute Gasteiger partial charge is 0.343 e. The summed E-state index contributed by atoms with van der Waals surface area (Å²) in [4.78, 5) is 34.7. The van der Waals surface area contributed by atoms with Crippen LogP contribution in [0.5, 0.6) is 0 Å². The molecule has 0 atom stereocenters. The maximum atomic E-state index is 14.5. The average molecular weight is 400 g/mol. The van der Waals surface area contributed by atoms with Crippen LogP contribution < -0.4 is 5.32 Å². The number of ether oxygens (including phenoxy) is 1. The van der Waals surface area contributed by atoms with Crippen LogP contribution in [0.15, 0.2) is 11.8 Å². The molecule has 1 aromatic carbocycles. The third-order valence-electron chi connectivity index (χ3n) is 4.48. The van der Waals surface area contributed by atoms with Crippen LogP contribution >= 0.6 is 0 Å². The van der Waals surface area contributed by atoms with Gasteiger partial charge in [0.25, 0.3) is 0 Å². The van der Waals surface area contributed by atoms with E-state index in [9.17, 15) is 32.9 Å². The fourth-order valence-corrected chi connectivity index (χ4v) is 3.00. The Hall–Kier alpha value is -2.91. The number of esters is 1. The highest BCUT2D eigenvalue weighted by Gasteiger charge is 2.37. The highest BCUT2D eigenvalue weighted by molar-refractivity contribution is 6.25. The highest BCUT2D eigenvalue weighted by Crippen LogP contribution is 2.32. The summed E-state index contributed by atoms with van der Waals surface area (Å²) in [7, 11) is 0. The Labute approximate surface area is 158 Å². The number of carbonyl (C=O) groups excluding carboxylic acids is 2. The molecule has 152 valence electrons. The largest absolute Gasteiger partial charge is 0.462 e. The quantitative estimate of drug-likeness (QED) is 0.110. The number of hydrogen-bond acceptors (Lipinski definition) is 6. The molecule has 2 rings (SSSR count). The first kappa shape index (κ1) is 21.4. The molecule has 1 aliphatic rings. The van der Waals surface area contributed by atoms with Crippen molar-refractivity contribution in [2.24, 2.45) is 0 Å². The normalized spacial score (nSPS) is 14.8. The zero-order chi connectivity index (χ0) is 21.0. The van der Waals surface area contributed by atoms with Crippen LogP contribution in [0, 0.1) is 34.5 Å². The van der Waals surface area contributed by atoms with E-state index in [1.807, 2.05) is 0 Å². The van der Waals surface area contributed by atoms with Gasteiger partial charge in [0.15, 0.2) is 5.82 Å². The summed E-state index contributed by atoms with van der Waals surface area (Å²) in [5.74, 6) is -7.97. The molecule has 0 unspecified atom stereocenters. The maximum Gasteiger partial charge on any atom is 0.343 e. The summed E-state index contributed by atoms with van der Waals surface area (Å²) in [6.07, 6.45) is 4.43. The van der Waals surface area contributed by atoms with Gasteiger partial charge < -0.3 is 10.1 Å². The summed E-state index contributed by atoms with van der Waals surface area (Å²) >= 11 is 0. The van der Waals surface area contributed by atoms with Crippen molar-refractivity contribution in [3.05, 3.63) is 50.5 Å². The maximum absolute atomic E-state index is 14.5. The molecule has 0 amide bonds. The zero-order valence-electron chi connectivity index (χ0n) is 15.3. The van der Waals surface area contributed by atoms with Gasteiger partial charge in [0, 0.05) is 17.8 Å². The molecule has 1 aromatic rings. The van der Waals surface area contributed by atoms with Gasteiger partial charge in [0.2, 0.25) is 11.6 Å². The minimum Gasteiger partial charge on any atom is -0.462 e. The molecule has 0 aromatic heterocycles. The van der Waals surface area contributed by atoms with Crippen molar-refractivity contribution in [2.45, 2.75) is 45.6 Å². The number of ketones is 1. The fourth-order valence-electron chi connectivity index (χ4n) is 3.00. The number of nitro benzene ring substituents is 1. The number of carbonyl (C=O) groups is 2. The Morgan fingerprint density at radius 2 is 1.82 bits per heavy atom. The second-order valence-electron chi connectivity index (χ2n) is 6.30. The third-order valence-corrected chi connectivity index (χ3v) is 4.48. The molecule has 1 fully saturated rings. The van der Waals surface area contributed by atoms with E-state index in [1.165, 1.54) is 6.92 Å². The van der Waals surface area contributed by atoms with Crippen LogP contribution in [-0.4, -0.2) is 29.3 Å². The van der Waals surface area contributed by atoms with Gasteiger partial charge >= 0.3 is 11.7 Å². The van der Waals surface area contributed by atoms with E-state index in [0.717, 1.165) is 38.8 Å². The predicted octanol–water partition coefficient (Wildman–Crippen LogP) is 3.48. The van der Waals surface area contributed by atoms with Gasteiger partial charge in [0.1, 0.15) is 17.0 Å². The Kier molecular flexibility index (Phi) is 6.76. The molecule has 0 saturated heterocycles. The van der Waals surface area contributed by atoms with E-state index in [-0.39, 0.29) is 12.6 Å². The van der Waals surface area contributed by atoms with E-state index in [4.69, 9.17) is 4.74 Å². The molecule has 0 bridgehead atoms. The lowest BCUT2D eigenvalue weighted by atomic mass is 9.98. The second kappa shape index (κ2) is 8.85. The summed E-state index contributed by atoms with van der Waals surface area (Å²) < 4.78 is 47.1. The Balaban J connectivity index is 2.58. The summed E-state index contributed by atoms with van der Waals surface area (Å²) in [6, 6.07) is -0.0382. The number of hydrogen-bond donors (Lipinski definition) is 1. The van der Waals surface area contributed by atoms with Crippen molar-refractivity contribution in [1.29, 1.82) is 0 Å².